The van der Waals surface area contributed by atoms with Gasteiger partial charge in [0.1, 0.15) is 0 Å². The van der Waals surface area contributed by atoms with Gasteiger partial charge in [0.15, 0.2) is 6.61 Å². The van der Waals surface area contributed by atoms with Crippen LogP contribution in [0.3, 0.4) is 0 Å². The number of hydrogen-bond acceptors (Lipinski definition) is 5. The van der Waals surface area contributed by atoms with Crippen molar-refractivity contribution in [3.05, 3.63) is 34.4 Å². The summed E-state index contributed by atoms with van der Waals surface area (Å²) >= 11 is 0. The summed E-state index contributed by atoms with van der Waals surface area (Å²) in [5.74, 6) is -1.59. The molecule has 0 bridgehead atoms. The second kappa shape index (κ2) is 8.25. The largest absolute Gasteiger partial charge is 0.457 e. The zero-order chi connectivity index (χ0) is 20.4. The molecule has 2 atom stereocenters. The number of ether oxygens (including phenoxy) is 1. The van der Waals surface area contributed by atoms with Crippen LogP contribution in [0.4, 0.5) is 0 Å². The van der Waals surface area contributed by atoms with E-state index in [0.29, 0.717) is 5.56 Å². The van der Waals surface area contributed by atoms with Crippen LogP contribution in [0.2, 0.25) is 0 Å². The number of rotatable bonds is 6. The monoisotopic (exact) mass is 385 g/mol. The maximum atomic E-state index is 12.4. The molecule has 1 aromatic carbocycles. The number of likely N-dealkylation sites (tertiary alicyclic amines) is 1. The quantitative estimate of drug-likeness (QED) is 0.427. The molecule has 0 spiro atoms. The Balaban J connectivity index is 1.51. The summed E-state index contributed by atoms with van der Waals surface area (Å²) in [6, 6.07) is 3.75. The van der Waals surface area contributed by atoms with E-state index in [2.05, 4.69) is 0 Å². The maximum Gasteiger partial charge on any atom is 0.308 e. The maximum absolute atomic E-state index is 12.4. The van der Waals surface area contributed by atoms with E-state index in [1.165, 1.54) is 4.90 Å². The fourth-order valence-corrected chi connectivity index (χ4v) is 4.21. The lowest BCUT2D eigenvalue weighted by Gasteiger charge is -2.19. The smallest absolute Gasteiger partial charge is 0.308 e. The number of aryl methyl sites for hydroxylation is 3. The molecule has 2 fully saturated rings. The van der Waals surface area contributed by atoms with Crippen molar-refractivity contribution in [1.82, 2.24) is 4.90 Å². The van der Waals surface area contributed by atoms with Crippen molar-refractivity contribution < 1.29 is 23.9 Å². The first kappa shape index (κ1) is 20.2. The number of carbonyl (C=O) groups is 4. The average Bonchev–Trinajstić information content (AvgIpc) is 2.92. The molecule has 2 aliphatic rings. The zero-order valence-electron chi connectivity index (χ0n) is 16.7. The summed E-state index contributed by atoms with van der Waals surface area (Å²) in [7, 11) is 0. The van der Waals surface area contributed by atoms with E-state index in [1.807, 2.05) is 32.9 Å². The SMILES string of the molecule is Cc1cc(C)c(C(=O)COC(=O)CCN2C(=O)[C@@H]3CCCC[C@H]3C2=O)cc1C. The molecule has 3 rings (SSSR count). The van der Waals surface area contributed by atoms with Crippen LogP contribution in [0.1, 0.15) is 59.2 Å². The highest BCUT2D eigenvalue weighted by atomic mass is 16.5. The lowest BCUT2D eigenvalue weighted by Crippen LogP contribution is -2.33. The molecule has 0 aromatic heterocycles. The standard InChI is InChI=1S/C22H27NO5/c1-13-10-15(3)18(11-14(13)2)19(24)12-28-20(25)8-9-23-21(26)16-6-4-5-7-17(16)22(23)27/h10-11,16-17H,4-9,12H2,1-3H3/t16-,17-/m1/s1. The van der Waals surface area contributed by atoms with E-state index in [-0.39, 0.29) is 49.0 Å². The highest BCUT2D eigenvalue weighted by molar-refractivity contribution is 6.05. The molecular weight excluding hydrogens is 358 g/mol. The van der Waals surface area contributed by atoms with Crippen LogP contribution in [0.5, 0.6) is 0 Å². The number of Topliss-reactive ketones (excluding diaryl/α,β-unsaturated/α-hetero) is 1. The summed E-state index contributed by atoms with van der Waals surface area (Å²) in [6.45, 7) is 5.45. The number of imide groups is 1. The van der Waals surface area contributed by atoms with Gasteiger partial charge in [-0.2, -0.15) is 0 Å². The van der Waals surface area contributed by atoms with E-state index < -0.39 is 5.97 Å². The Labute approximate surface area is 165 Å². The van der Waals surface area contributed by atoms with Gasteiger partial charge in [-0.3, -0.25) is 24.1 Å². The zero-order valence-corrected chi connectivity index (χ0v) is 16.7. The summed E-state index contributed by atoms with van der Waals surface area (Å²) in [6.07, 6.45) is 3.35. The van der Waals surface area contributed by atoms with Gasteiger partial charge in [0.25, 0.3) is 0 Å². The molecule has 0 unspecified atom stereocenters. The van der Waals surface area contributed by atoms with Gasteiger partial charge in [-0.1, -0.05) is 18.9 Å². The van der Waals surface area contributed by atoms with E-state index in [1.54, 1.807) is 0 Å². The number of fused-ring (bicyclic) bond motifs is 1. The first-order chi connectivity index (χ1) is 13.3. The molecule has 1 saturated carbocycles. The molecule has 1 aromatic rings. The van der Waals surface area contributed by atoms with Gasteiger partial charge in [-0.25, -0.2) is 0 Å². The van der Waals surface area contributed by atoms with E-state index >= 15 is 0 Å². The van der Waals surface area contributed by atoms with Crippen molar-refractivity contribution in [3.8, 4) is 0 Å². The summed E-state index contributed by atoms with van der Waals surface area (Å²) in [5.41, 5.74) is 3.50. The first-order valence-corrected chi connectivity index (χ1v) is 9.91. The van der Waals surface area contributed by atoms with Crippen molar-refractivity contribution in [3.63, 3.8) is 0 Å². The number of esters is 1. The first-order valence-electron chi connectivity index (χ1n) is 9.91. The number of ketones is 1. The number of benzene rings is 1. The molecular formula is C22H27NO5. The fraction of sp³-hybridized carbons (Fsp3) is 0.545. The van der Waals surface area contributed by atoms with Gasteiger partial charge >= 0.3 is 5.97 Å². The summed E-state index contributed by atoms with van der Waals surface area (Å²) in [4.78, 5) is 50.4. The van der Waals surface area contributed by atoms with Gasteiger partial charge < -0.3 is 4.74 Å². The van der Waals surface area contributed by atoms with Crippen LogP contribution >= 0.6 is 0 Å². The van der Waals surface area contributed by atoms with Gasteiger partial charge in [0.05, 0.1) is 18.3 Å². The molecule has 1 saturated heterocycles. The predicted molar refractivity (Wildman–Crippen MR) is 103 cm³/mol. The minimum atomic E-state index is -0.578. The van der Waals surface area contributed by atoms with E-state index in [4.69, 9.17) is 4.74 Å². The van der Waals surface area contributed by atoms with Crippen LogP contribution in [0.25, 0.3) is 0 Å². The Bertz CT molecular complexity index is 804. The number of amides is 2. The minimum Gasteiger partial charge on any atom is -0.457 e. The highest BCUT2D eigenvalue weighted by Gasteiger charge is 2.47. The second-order valence-corrected chi connectivity index (χ2v) is 7.91. The van der Waals surface area contributed by atoms with Crippen molar-refractivity contribution in [2.24, 2.45) is 11.8 Å². The molecule has 6 heteroatoms. The molecule has 0 radical (unpaired) electrons. The third-order valence-corrected chi connectivity index (χ3v) is 5.98. The second-order valence-electron chi connectivity index (χ2n) is 7.91. The fourth-order valence-electron chi connectivity index (χ4n) is 4.21. The van der Waals surface area contributed by atoms with E-state index in [9.17, 15) is 19.2 Å². The number of carbonyl (C=O) groups excluding carboxylic acids is 4. The van der Waals surface area contributed by atoms with Crippen LogP contribution < -0.4 is 0 Å². The Kier molecular flexibility index (Phi) is 5.96. The van der Waals surface area contributed by atoms with Crippen LogP contribution in [0, 0.1) is 32.6 Å². The third-order valence-electron chi connectivity index (χ3n) is 5.98. The molecule has 1 aliphatic carbocycles. The van der Waals surface area contributed by atoms with Gasteiger partial charge in [-0.05, 0) is 56.4 Å². The summed E-state index contributed by atoms with van der Waals surface area (Å²) in [5, 5.41) is 0. The number of hydrogen-bond donors (Lipinski definition) is 0. The predicted octanol–water partition coefficient (Wildman–Crippen LogP) is 2.90. The summed E-state index contributed by atoms with van der Waals surface area (Å²) < 4.78 is 5.09. The van der Waals surface area contributed by atoms with E-state index in [0.717, 1.165) is 42.4 Å². The van der Waals surface area contributed by atoms with Crippen LogP contribution in [-0.4, -0.2) is 41.6 Å². The normalized spacial score (nSPS) is 21.6. The lowest BCUT2D eigenvalue weighted by molar-refractivity contribution is -0.145. The van der Waals surface area contributed by atoms with Crippen LogP contribution in [-0.2, 0) is 19.1 Å². The van der Waals surface area contributed by atoms with Gasteiger partial charge in [0.2, 0.25) is 17.6 Å². The van der Waals surface area contributed by atoms with Crippen molar-refractivity contribution in [2.75, 3.05) is 13.2 Å². The molecule has 1 aliphatic heterocycles. The Morgan fingerprint density at radius 1 is 0.964 bits per heavy atom. The Hall–Kier alpha value is -2.50. The van der Waals surface area contributed by atoms with Crippen molar-refractivity contribution in [1.29, 1.82) is 0 Å². The lowest BCUT2D eigenvalue weighted by atomic mass is 9.81. The molecule has 2 amide bonds. The Morgan fingerprint density at radius 3 is 2.14 bits per heavy atom. The van der Waals surface area contributed by atoms with Gasteiger partial charge in [-0.15, -0.1) is 0 Å². The molecule has 28 heavy (non-hydrogen) atoms. The molecule has 6 nitrogen and oxygen atoms in total. The molecule has 150 valence electrons. The Morgan fingerprint density at radius 2 is 1.54 bits per heavy atom. The van der Waals surface area contributed by atoms with Crippen LogP contribution in [0.15, 0.2) is 12.1 Å². The molecule has 0 N–H and O–H groups in total. The van der Waals surface area contributed by atoms with Crippen molar-refractivity contribution >= 4 is 23.6 Å². The van der Waals surface area contributed by atoms with Crippen molar-refractivity contribution in [2.45, 2.75) is 52.9 Å². The minimum absolute atomic E-state index is 0.0281. The molecule has 1 heterocycles. The van der Waals surface area contributed by atoms with Gasteiger partial charge in [0, 0.05) is 12.1 Å². The highest BCUT2D eigenvalue weighted by Crippen LogP contribution is 2.37. The average molecular weight is 385 g/mol. The topological polar surface area (TPSA) is 80.8 Å². The number of nitrogens with zero attached hydrogens (tertiary/aromatic N) is 1. The third kappa shape index (κ3) is 4.01.